The Balaban J connectivity index is 2.85. The Hall–Kier alpha value is -1.27. The van der Waals surface area contributed by atoms with Crippen LogP contribution in [-0.2, 0) is 4.74 Å². The zero-order valence-corrected chi connectivity index (χ0v) is 11.1. The molecule has 0 saturated carbocycles. The summed E-state index contributed by atoms with van der Waals surface area (Å²) in [6, 6.07) is 2.76. The van der Waals surface area contributed by atoms with Crippen molar-refractivity contribution in [2.75, 3.05) is 19.0 Å². The van der Waals surface area contributed by atoms with E-state index < -0.39 is 11.6 Å². The van der Waals surface area contributed by atoms with Gasteiger partial charge in [0.25, 0.3) is 0 Å². The summed E-state index contributed by atoms with van der Waals surface area (Å²) < 4.78 is 32.2. The monoisotopic (exact) mass is 274 g/mol. The highest BCUT2D eigenvalue weighted by Crippen LogP contribution is 2.21. The van der Waals surface area contributed by atoms with Crippen molar-refractivity contribution >= 4 is 22.9 Å². The number of rotatable bonds is 6. The minimum Gasteiger partial charge on any atom is -0.389 e. The summed E-state index contributed by atoms with van der Waals surface area (Å²) in [6.45, 7) is 2.40. The third-order valence-electron chi connectivity index (χ3n) is 2.50. The van der Waals surface area contributed by atoms with Gasteiger partial charge in [-0.3, -0.25) is 0 Å². The Bertz CT molecular complexity index is 440. The van der Waals surface area contributed by atoms with E-state index in [9.17, 15) is 8.78 Å². The van der Waals surface area contributed by atoms with E-state index in [1.807, 2.05) is 6.92 Å². The van der Waals surface area contributed by atoms with Crippen LogP contribution in [0.25, 0.3) is 0 Å². The third-order valence-corrected chi connectivity index (χ3v) is 2.72. The largest absolute Gasteiger partial charge is 0.389 e. The summed E-state index contributed by atoms with van der Waals surface area (Å²) in [6.07, 6.45) is 0.689. The van der Waals surface area contributed by atoms with Crippen molar-refractivity contribution in [2.24, 2.45) is 5.73 Å². The van der Waals surface area contributed by atoms with Crippen molar-refractivity contribution in [3.63, 3.8) is 0 Å². The lowest BCUT2D eigenvalue weighted by atomic mass is 10.1. The molecule has 1 aromatic carbocycles. The Morgan fingerprint density at radius 1 is 1.44 bits per heavy atom. The Kier molecular flexibility index (Phi) is 5.43. The van der Waals surface area contributed by atoms with E-state index in [1.165, 1.54) is 12.1 Å². The molecule has 0 heterocycles. The molecule has 0 amide bonds. The van der Waals surface area contributed by atoms with Crippen LogP contribution in [-0.4, -0.2) is 24.7 Å². The van der Waals surface area contributed by atoms with E-state index in [2.05, 4.69) is 17.5 Å². The second-order valence-electron chi connectivity index (χ2n) is 3.98. The first-order chi connectivity index (χ1) is 8.47. The SMILES string of the molecule is COCCC(C)Nc1ccc(C(N)=S)c(F)c1F. The van der Waals surface area contributed by atoms with E-state index in [-0.39, 0.29) is 22.3 Å². The lowest BCUT2D eigenvalue weighted by Gasteiger charge is -2.16. The predicted molar refractivity (Wildman–Crippen MR) is 71.8 cm³/mol. The maximum atomic E-state index is 13.7. The van der Waals surface area contributed by atoms with Gasteiger partial charge < -0.3 is 15.8 Å². The van der Waals surface area contributed by atoms with E-state index in [0.717, 1.165) is 0 Å². The van der Waals surface area contributed by atoms with Gasteiger partial charge in [0.15, 0.2) is 11.6 Å². The highest BCUT2D eigenvalue weighted by Gasteiger charge is 2.15. The lowest BCUT2D eigenvalue weighted by Crippen LogP contribution is -2.19. The molecule has 0 spiro atoms. The molecule has 0 bridgehead atoms. The van der Waals surface area contributed by atoms with Gasteiger partial charge in [-0.05, 0) is 25.5 Å². The quantitative estimate of drug-likeness (QED) is 0.782. The smallest absolute Gasteiger partial charge is 0.182 e. The van der Waals surface area contributed by atoms with Gasteiger partial charge in [0.1, 0.15) is 4.99 Å². The fourth-order valence-electron chi connectivity index (χ4n) is 1.48. The maximum Gasteiger partial charge on any atom is 0.182 e. The molecule has 1 rings (SSSR count). The lowest BCUT2D eigenvalue weighted by molar-refractivity contribution is 0.191. The molecule has 0 fully saturated rings. The number of halogens is 2. The fraction of sp³-hybridized carbons (Fsp3) is 0.417. The molecule has 0 aliphatic heterocycles. The van der Waals surface area contributed by atoms with Gasteiger partial charge in [0.05, 0.1) is 5.69 Å². The van der Waals surface area contributed by atoms with E-state index in [4.69, 9.17) is 10.5 Å². The molecule has 0 aromatic heterocycles. The van der Waals surface area contributed by atoms with Crippen LogP contribution >= 0.6 is 12.2 Å². The van der Waals surface area contributed by atoms with Gasteiger partial charge in [-0.2, -0.15) is 0 Å². The summed E-state index contributed by atoms with van der Waals surface area (Å²) in [5.41, 5.74) is 5.30. The molecule has 100 valence electrons. The molecule has 1 aromatic rings. The number of nitrogens with two attached hydrogens (primary N) is 1. The predicted octanol–water partition coefficient (Wildman–Crippen LogP) is 2.44. The summed E-state index contributed by atoms with van der Waals surface area (Å²) in [5.74, 6) is -1.99. The molecule has 18 heavy (non-hydrogen) atoms. The van der Waals surface area contributed by atoms with Crippen molar-refractivity contribution in [3.8, 4) is 0 Å². The first-order valence-corrected chi connectivity index (χ1v) is 5.91. The molecule has 1 unspecified atom stereocenters. The van der Waals surface area contributed by atoms with Crippen LogP contribution in [0.4, 0.5) is 14.5 Å². The van der Waals surface area contributed by atoms with Gasteiger partial charge in [-0.15, -0.1) is 0 Å². The number of nitrogens with one attached hydrogen (secondary N) is 1. The van der Waals surface area contributed by atoms with E-state index >= 15 is 0 Å². The average molecular weight is 274 g/mol. The van der Waals surface area contributed by atoms with Crippen molar-refractivity contribution in [3.05, 3.63) is 29.3 Å². The van der Waals surface area contributed by atoms with Gasteiger partial charge in [-0.25, -0.2) is 8.78 Å². The van der Waals surface area contributed by atoms with Crippen molar-refractivity contribution in [2.45, 2.75) is 19.4 Å². The number of benzene rings is 1. The molecule has 1 atom stereocenters. The Labute approximate surface area is 110 Å². The van der Waals surface area contributed by atoms with Crippen LogP contribution < -0.4 is 11.1 Å². The number of hydrogen-bond donors (Lipinski definition) is 2. The molecule has 0 aliphatic carbocycles. The Morgan fingerprint density at radius 3 is 2.67 bits per heavy atom. The first-order valence-electron chi connectivity index (χ1n) is 5.50. The Morgan fingerprint density at radius 2 is 2.11 bits per heavy atom. The first kappa shape index (κ1) is 14.8. The fourth-order valence-corrected chi connectivity index (χ4v) is 1.64. The summed E-state index contributed by atoms with van der Waals surface area (Å²) in [5, 5.41) is 2.87. The van der Waals surface area contributed by atoms with Crippen molar-refractivity contribution < 1.29 is 13.5 Å². The zero-order valence-electron chi connectivity index (χ0n) is 10.3. The topological polar surface area (TPSA) is 47.3 Å². The summed E-state index contributed by atoms with van der Waals surface area (Å²) in [7, 11) is 1.59. The average Bonchev–Trinajstić information content (AvgIpc) is 2.32. The molecule has 0 saturated heterocycles. The third kappa shape index (κ3) is 3.61. The molecular weight excluding hydrogens is 258 g/mol. The van der Waals surface area contributed by atoms with Crippen LogP contribution in [0.5, 0.6) is 0 Å². The maximum absolute atomic E-state index is 13.7. The van der Waals surface area contributed by atoms with Gasteiger partial charge in [0, 0.05) is 25.3 Å². The second-order valence-corrected chi connectivity index (χ2v) is 4.42. The van der Waals surface area contributed by atoms with Gasteiger partial charge >= 0.3 is 0 Å². The van der Waals surface area contributed by atoms with Gasteiger partial charge in [-0.1, -0.05) is 12.2 Å². The van der Waals surface area contributed by atoms with Crippen LogP contribution in [0.15, 0.2) is 12.1 Å². The summed E-state index contributed by atoms with van der Waals surface area (Å²) in [4.78, 5) is -0.162. The highest BCUT2D eigenvalue weighted by atomic mass is 32.1. The number of thiocarbonyl (C=S) groups is 1. The van der Waals surface area contributed by atoms with Gasteiger partial charge in [0.2, 0.25) is 0 Å². The summed E-state index contributed by atoms with van der Waals surface area (Å²) >= 11 is 4.63. The molecule has 3 nitrogen and oxygen atoms in total. The minimum atomic E-state index is -1.02. The van der Waals surface area contributed by atoms with Crippen molar-refractivity contribution in [1.29, 1.82) is 0 Å². The number of anilines is 1. The molecule has 3 N–H and O–H groups in total. The van der Waals surface area contributed by atoms with Crippen LogP contribution in [0.3, 0.4) is 0 Å². The number of ether oxygens (including phenoxy) is 1. The second kappa shape index (κ2) is 6.61. The normalized spacial score (nSPS) is 12.2. The highest BCUT2D eigenvalue weighted by molar-refractivity contribution is 7.80. The molecule has 0 aliphatic rings. The number of hydrogen-bond acceptors (Lipinski definition) is 3. The number of methoxy groups -OCH3 is 1. The van der Waals surface area contributed by atoms with E-state index in [1.54, 1.807) is 7.11 Å². The molecular formula is C12H16F2N2OS. The van der Waals surface area contributed by atoms with Crippen molar-refractivity contribution in [1.82, 2.24) is 0 Å². The zero-order chi connectivity index (χ0) is 13.7. The van der Waals surface area contributed by atoms with Crippen LogP contribution in [0, 0.1) is 11.6 Å². The van der Waals surface area contributed by atoms with Crippen LogP contribution in [0.2, 0.25) is 0 Å². The standard InChI is InChI=1S/C12H16F2N2OS/c1-7(5-6-17-2)16-9-4-3-8(12(15)18)10(13)11(9)14/h3-4,7,16H,5-6H2,1-2H3,(H2,15,18). The minimum absolute atomic E-state index is 0.0328. The molecule has 0 radical (unpaired) electrons. The van der Waals surface area contributed by atoms with Crippen LogP contribution in [0.1, 0.15) is 18.9 Å². The molecule has 6 heteroatoms. The van der Waals surface area contributed by atoms with E-state index in [0.29, 0.717) is 13.0 Å².